The molecule has 3 aliphatic rings. The van der Waals surface area contributed by atoms with Crippen molar-refractivity contribution in [2.45, 2.75) is 112 Å². The van der Waals surface area contributed by atoms with E-state index in [4.69, 9.17) is 18.9 Å². The first-order valence-electron chi connectivity index (χ1n) is 14.0. The van der Waals surface area contributed by atoms with E-state index in [-0.39, 0.29) is 0 Å². The number of amides is 2. The van der Waals surface area contributed by atoms with E-state index < -0.39 is 128 Å². The summed E-state index contributed by atoms with van der Waals surface area (Å²) >= 11 is 0. The Morgan fingerprint density at radius 1 is 0.867 bits per heavy atom. The minimum atomic E-state index is -1.82. The van der Waals surface area contributed by atoms with Gasteiger partial charge in [-0.2, -0.15) is 0 Å². The second kappa shape index (κ2) is 14.3. The molecular weight excluding hydrogens is 612 g/mol. The highest BCUT2D eigenvalue weighted by atomic mass is 16.8. The second-order valence-corrected chi connectivity index (χ2v) is 11.1. The van der Waals surface area contributed by atoms with E-state index in [0.717, 1.165) is 30.7 Å². The minimum Gasteiger partial charge on any atom is -0.394 e. The molecule has 4 rings (SSSR count). The Hall–Kier alpha value is -2.86. The van der Waals surface area contributed by atoms with Gasteiger partial charge in [-0.15, -0.1) is 0 Å². The van der Waals surface area contributed by atoms with Crippen molar-refractivity contribution >= 4 is 11.8 Å². The Balaban J connectivity index is 1.55. The maximum Gasteiger partial charge on any atom is 0.330 e. The van der Waals surface area contributed by atoms with Crippen LogP contribution in [0.3, 0.4) is 0 Å². The molecule has 0 unspecified atom stereocenters. The monoisotopic (exact) mass is 650 g/mol. The number of nitrogens with zero attached hydrogens (tertiary/aromatic N) is 1. The van der Waals surface area contributed by atoms with Gasteiger partial charge in [-0.1, -0.05) is 0 Å². The molecule has 20 heteroatoms. The minimum absolute atomic E-state index is 0.589. The molecule has 254 valence electrons. The Morgan fingerprint density at radius 2 is 1.40 bits per heavy atom. The number of hydrogen-bond acceptors (Lipinski definition) is 16. The highest BCUT2D eigenvalue weighted by molar-refractivity contribution is 5.73. The number of carbonyl (C=O) groups excluding carboxylic acids is 2. The van der Waals surface area contributed by atoms with Crippen LogP contribution in [0.5, 0.6) is 0 Å². The molecule has 20 nitrogen and oxygen atoms in total. The van der Waals surface area contributed by atoms with E-state index in [0.29, 0.717) is 0 Å². The number of aromatic nitrogens is 2. The second-order valence-electron chi connectivity index (χ2n) is 11.1. The Morgan fingerprint density at radius 3 is 1.91 bits per heavy atom. The molecule has 0 spiro atoms. The number of hydrogen-bond donors (Lipinski definition) is 11. The first-order valence-corrected chi connectivity index (χ1v) is 14.0. The van der Waals surface area contributed by atoms with Crippen molar-refractivity contribution in [2.24, 2.45) is 0 Å². The third kappa shape index (κ3) is 7.42. The summed E-state index contributed by atoms with van der Waals surface area (Å²) in [5.74, 6) is -1.35. The van der Waals surface area contributed by atoms with Crippen LogP contribution >= 0.6 is 0 Å². The van der Waals surface area contributed by atoms with Crippen molar-refractivity contribution in [1.82, 2.24) is 20.2 Å². The molecule has 0 aromatic carbocycles. The first kappa shape index (κ1) is 35.0. The van der Waals surface area contributed by atoms with Crippen LogP contribution in [0.25, 0.3) is 0 Å². The molecular formula is C25H38N4O16. The third-order valence-corrected chi connectivity index (χ3v) is 7.84. The lowest BCUT2D eigenvalue weighted by Gasteiger charge is -2.47. The molecule has 15 atom stereocenters. The molecule has 3 aliphatic heterocycles. The molecule has 11 N–H and O–H groups in total. The predicted molar refractivity (Wildman–Crippen MR) is 143 cm³/mol. The summed E-state index contributed by atoms with van der Waals surface area (Å²) in [6.45, 7) is 1.43. The largest absolute Gasteiger partial charge is 0.394 e. The van der Waals surface area contributed by atoms with E-state index in [9.17, 15) is 60.0 Å². The van der Waals surface area contributed by atoms with Crippen LogP contribution in [0, 0.1) is 0 Å². The van der Waals surface area contributed by atoms with Crippen LogP contribution < -0.4 is 21.9 Å². The lowest BCUT2D eigenvalue weighted by atomic mass is 9.91. The number of aliphatic hydroxyl groups excluding tert-OH is 8. The van der Waals surface area contributed by atoms with Crippen LogP contribution in [0.2, 0.25) is 0 Å². The fourth-order valence-electron chi connectivity index (χ4n) is 5.58. The van der Waals surface area contributed by atoms with Gasteiger partial charge in [0.1, 0.15) is 60.9 Å². The zero-order valence-electron chi connectivity index (χ0n) is 24.0. The van der Waals surface area contributed by atoms with E-state index in [2.05, 4.69) is 10.6 Å². The van der Waals surface area contributed by atoms with Gasteiger partial charge in [-0.3, -0.25) is 23.9 Å². The van der Waals surface area contributed by atoms with Crippen molar-refractivity contribution in [3.05, 3.63) is 33.1 Å². The van der Waals surface area contributed by atoms with Crippen molar-refractivity contribution in [2.75, 3.05) is 6.61 Å². The molecule has 0 aliphatic carbocycles. The van der Waals surface area contributed by atoms with Gasteiger partial charge in [0.05, 0.1) is 18.8 Å². The number of carbonyl (C=O) groups is 2. The molecule has 0 radical (unpaired) electrons. The zero-order valence-corrected chi connectivity index (χ0v) is 24.0. The number of rotatable bonds is 9. The van der Waals surface area contributed by atoms with Gasteiger partial charge >= 0.3 is 5.69 Å². The summed E-state index contributed by atoms with van der Waals surface area (Å²) in [5.41, 5.74) is -1.69. The Kier molecular flexibility index (Phi) is 11.1. The molecule has 2 amide bonds. The van der Waals surface area contributed by atoms with Crippen LogP contribution in [-0.2, 0) is 28.5 Å². The standard InChI is InChI=1S/C25H38N4O16/c1-7(31)26-13-17(37)15(35)10(42-23(13)45-24-14(27-8(2)32)18(38)16(36)11(6-30)43-24)5-9(33)21-19(39)20(40)22(44-21)29-4-3-12(34)28-25(29)41/h3-4,9-11,13-24,30,33,35-40H,5-6H2,1-2H3,(H,26,31)(H,27,32)(H,28,34,41)/t9-,10-,11-,13-,14-,15+,16-,17-,18-,19+,20-,21-,22-,23+,24-/m1/s1. The van der Waals surface area contributed by atoms with E-state index in [1.54, 1.807) is 0 Å². The summed E-state index contributed by atoms with van der Waals surface area (Å²) in [7, 11) is 0. The van der Waals surface area contributed by atoms with Gasteiger partial charge in [-0.05, 0) is 0 Å². The van der Waals surface area contributed by atoms with Crippen molar-refractivity contribution in [3.63, 3.8) is 0 Å². The summed E-state index contributed by atoms with van der Waals surface area (Å²) in [6, 6.07) is -1.95. The van der Waals surface area contributed by atoms with Crippen molar-refractivity contribution in [3.8, 4) is 0 Å². The molecule has 45 heavy (non-hydrogen) atoms. The summed E-state index contributed by atoms with van der Waals surface area (Å²) in [4.78, 5) is 49.3. The smallest absolute Gasteiger partial charge is 0.330 e. The van der Waals surface area contributed by atoms with E-state index in [1.807, 2.05) is 4.98 Å². The van der Waals surface area contributed by atoms with Gasteiger partial charge in [0.2, 0.25) is 11.8 Å². The Bertz CT molecular complexity index is 1310. The number of H-pyrrole nitrogens is 1. The van der Waals surface area contributed by atoms with E-state index in [1.165, 1.54) is 0 Å². The fourth-order valence-corrected chi connectivity index (χ4v) is 5.58. The summed E-state index contributed by atoms with van der Waals surface area (Å²) < 4.78 is 23.5. The lowest BCUT2D eigenvalue weighted by Crippen LogP contribution is -2.68. The van der Waals surface area contributed by atoms with Crippen molar-refractivity contribution in [1.29, 1.82) is 0 Å². The molecule has 3 saturated heterocycles. The molecule has 1 aromatic rings. The van der Waals surface area contributed by atoms with Crippen LogP contribution in [0.1, 0.15) is 26.5 Å². The molecule has 3 fully saturated rings. The van der Waals surface area contributed by atoms with E-state index >= 15 is 0 Å². The summed E-state index contributed by atoms with van der Waals surface area (Å²) in [6.07, 6.45) is -21.1. The van der Waals surface area contributed by atoms with Gasteiger partial charge in [0.15, 0.2) is 18.8 Å². The molecule has 1 aromatic heterocycles. The number of aromatic amines is 1. The number of nitrogens with one attached hydrogen (secondary N) is 3. The van der Waals surface area contributed by atoms with Crippen molar-refractivity contribution < 1.29 is 69.4 Å². The third-order valence-electron chi connectivity index (χ3n) is 7.84. The molecule has 0 saturated carbocycles. The highest BCUT2D eigenvalue weighted by Crippen LogP contribution is 2.34. The predicted octanol–water partition coefficient (Wildman–Crippen LogP) is -7.18. The maximum absolute atomic E-state index is 12.2. The quantitative estimate of drug-likeness (QED) is 0.118. The lowest BCUT2D eigenvalue weighted by molar-refractivity contribution is -0.347. The average molecular weight is 651 g/mol. The first-order chi connectivity index (χ1) is 21.1. The molecule has 0 bridgehead atoms. The van der Waals surface area contributed by atoms with Gasteiger partial charge in [-0.25, -0.2) is 4.79 Å². The van der Waals surface area contributed by atoms with Crippen LogP contribution in [0.4, 0.5) is 0 Å². The van der Waals surface area contributed by atoms with Gasteiger partial charge < -0.3 is 70.4 Å². The maximum atomic E-state index is 12.2. The van der Waals surface area contributed by atoms with Gasteiger partial charge in [0, 0.05) is 32.5 Å². The number of ether oxygens (including phenoxy) is 4. The van der Waals surface area contributed by atoms with Crippen LogP contribution in [0.15, 0.2) is 21.9 Å². The Labute approximate surface area is 253 Å². The normalized spacial score (nSPS) is 40.9. The average Bonchev–Trinajstić information content (AvgIpc) is 3.26. The van der Waals surface area contributed by atoms with Crippen LogP contribution in [-0.4, -0.2) is 155 Å². The number of aliphatic hydroxyl groups is 8. The van der Waals surface area contributed by atoms with Gasteiger partial charge in [0.25, 0.3) is 5.56 Å². The fraction of sp³-hybridized carbons (Fsp3) is 0.760. The summed E-state index contributed by atoms with van der Waals surface area (Å²) in [5, 5.41) is 89.1. The highest BCUT2D eigenvalue weighted by Gasteiger charge is 2.53. The molecule has 4 heterocycles. The zero-order chi connectivity index (χ0) is 33.3. The SMILES string of the molecule is CC(=O)N[C@H]1[C@H](O[C@H]2O[C@H](CO)[C@@H](O)[C@H](O)[C@H]2NC(C)=O)O[C@H](C[C@@H](O)[C@H]2O[C@@H](n3ccc(=O)[nH]c3=O)[C@H](O)[C@@H]2O)[C@H](O)[C@@H]1O. The topological polar surface area (TPSA) is 312 Å².